The van der Waals surface area contributed by atoms with E-state index in [-0.39, 0.29) is 12.3 Å². The Morgan fingerprint density at radius 1 is 1.55 bits per heavy atom. The minimum atomic E-state index is 0.113. The Balaban J connectivity index is 2.54. The maximum atomic E-state index is 11.2. The lowest BCUT2D eigenvalue weighted by Gasteiger charge is -1.88. The topological polar surface area (TPSA) is 69.1 Å². The summed E-state index contributed by atoms with van der Waals surface area (Å²) in [6.45, 7) is 0.282. The number of nitrogens with two attached hydrogens (primary N) is 1. The fourth-order valence-corrected chi connectivity index (χ4v) is 1.34. The highest BCUT2D eigenvalue weighted by Gasteiger charge is 2.27. The Morgan fingerprint density at radius 2 is 2.36 bits per heavy atom. The highest BCUT2D eigenvalue weighted by atomic mass is 16.5. The van der Waals surface area contributed by atoms with E-state index in [4.69, 9.17) is 10.3 Å². The second kappa shape index (κ2) is 2.17. The zero-order valence-electron chi connectivity index (χ0n) is 5.96. The molecule has 1 aliphatic rings. The summed E-state index contributed by atoms with van der Waals surface area (Å²) in [5.41, 5.74) is 6.59. The van der Waals surface area contributed by atoms with Crippen molar-refractivity contribution in [1.29, 1.82) is 0 Å². The molecule has 0 saturated carbocycles. The van der Waals surface area contributed by atoms with Crippen molar-refractivity contribution in [1.82, 2.24) is 5.16 Å². The molecule has 2 N–H and O–H groups in total. The molecule has 0 saturated heterocycles. The van der Waals surface area contributed by atoms with Crippen molar-refractivity contribution in [2.24, 2.45) is 5.73 Å². The Bertz CT molecular complexity index is 303. The summed E-state index contributed by atoms with van der Waals surface area (Å²) < 4.78 is 4.92. The Kier molecular flexibility index (Phi) is 1.29. The van der Waals surface area contributed by atoms with Crippen molar-refractivity contribution in [2.45, 2.75) is 19.4 Å². The summed E-state index contributed by atoms with van der Waals surface area (Å²) in [5.74, 6) is 0.817. The molecule has 0 aromatic carbocycles. The highest BCUT2D eigenvalue weighted by molar-refractivity contribution is 6.00. The van der Waals surface area contributed by atoms with Crippen molar-refractivity contribution in [3.63, 3.8) is 0 Å². The SMILES string of the molecule is NCc1noc2c1C(=O)CC2. The van der Waals surface area contributed by atoms with Crippen LogP contribution < -0.4 is 5.73 Å². The number of carbonyl (C=O) groups excluding carboxylic acids is 1. The van der Waals surface area contributed by atoms with Gasteiger partial charge >= 0.3 is 0 Å². The van der Waals surface area contributed by atoms with Crippen molar-refractivity contribution in [3.05, 3.63) is 17.0 Å². The molecule has 0 spiro atoms. The largest absolute Gasteiger partial charge is 0.360 e. The van der Waals surface area contributed by atoms with E-state index in [1.807, 2.05) is 0 Å². The second-order valence-electron chi connectivity index (χ2n) is 2.55. The molecular formula is C7H8N2O2. The van der Waals surface area contributed by atoms with Crippen LogP contribution in [0.25, 0.3) is 0 Å². The van der Waals surface area contributed by atoms with Crippen LogP contribution in [0.3, 0.4) is 0 Å². The summed E-state index contributed by atoms with van der Waals surface area (Å²) >= 11 is 0. The number of nitrogens with zero attached hydrogens (tertiary/aromatic N) is 1. The van der Waals surface area contributed by atoms with Crippen LogP contribution in [0.15, 0.2) is 4.52 Å². The van der Waals surface area contributed by atoms with Gasteiger partial charge in [0.25, 0.3) is 0 Å². The summed E-state index contributed by atoms with van der Waals surface area (Å²) in [5, 5.41) is 3.69. The number of ketones is 1. The monoisotopic (exact) mass is 152 g/mol. The van der Waals surface area contributed by atoms with Gasteiger partial charge in [-0.3, -0.25) is 4.79 Å². The number of Topliss-reactive ketones (excluding diaryl/α,β-unsaturated/α-hetero) is 1. The van der Waals surface area contributed by atoms with Crippen LogP contribution in [-0.4, -0.2) is 10.9 Å². The molecule has 0 amide bonds. The van der Waals surface area contributed by atoms with Gasteiger partial charge in [-0.1, -0.05) is 5.16 Å². The third kappa shape index (κ3) is 0.793. The van der Waals surface area contributed by atoms with E-state index in [9.17, 15) is 4.79 Å². The lowest BCUT2D eigenvalue weighted by molar-refractivity contribution is 0.0993. The van der Waals surface area contributed by atoms with Crippen molar-refractivity contribution >= 4 is 5.78 Å². The summed E-state index contributed by atoms with van der Waals surface area (Å²) in [6, 6.07) is 0. The lowest BCUT2D eigenvalue weighted by atomic mass is 10.2. The molecule has 1 aliphatic carbocycles. The van der Waals surface area contributed by atoms with Crippen LogP contribution >= 0.6 is 0 Å². The van der Waals surface area contributed by atoms with Gasteiger partial charge in [-0.15, -0.1) is 0 Å². The number of fused-ring (bicyclic) bond motifs is 1. The number of hydrogen-bond donors (Lipinski definition) is 1. The van der Waals surface area contributed by atoms with Crippen LogP contribution in [0, 0.1) is 0 Å². The molecule has 1 heterocycles. The number of rotatable bonds is 1. The minimum Gasteiger partial charge on any atom is -0.360 e. The maximum absolute atomic E-state index is 11.2. The van der Waals surface area contributed by atoms with Crippen LogP contribution in [0.4, 0.5) is 0 Å². The molecule has 0 aliphatic heterocycles. The van der Waals surface area contributed by atoms with Gasteiger partial charge in [0.2, 0.25) is 0 Å². The first-order chi connectivity index (χ1) is 5.33. The third-order valence-corrected chi connectivity index (χ3v) is 1.88. The molecule has 4 heteroatoms. The summed E-state index contributed by atoms with van der Waals surface area (Å²) in [6.07, 6.45) is 1.23. The smallest absolute Gasteiger partial charge is 0.168 e. The molecule has 1 aromatic heterocycles. The lowest BCUT2D eigenvalue weighted by Crippen LogP contribution is -2.03. The number of hydrogen-bond acceptors (Lipinski definition) is 4. The van der Waals surface area contributed by atoms with E-state index < -0.39 is 0 Å². The number of carbonyl (C=O) groups is 1. The molecular weight excluding hydrogens is 144 g/mol. The normalized spacial score (nSPS) is 15.5. The van der Waals surface area contributed by atoms with E-state index in [0.717, 1.165) is 0 Å². The molecule has 0 atom stereocenters. The molecule has 0 radical (unpaired) electrons. The number of aromatic nitrogens is 1. The van der Waals surface area contributed by atoms with Crippen molar-refractivity contribution in [3.8, 4) is 0 Å². The molecule has 2 rings (SSSR count). The van der Waals surface area contributed by atoms with Crippen LogP contribution in [0.1, 0.15) is 28.2 Å². The Morgan fingerprint density at radius 3 is 3.09 bits per heavy atom. The first-order valence-corrected chi connectivity index (χ1v) is 3.53. The van der Waals surface area contributed by atoms with E-state index in [1.165, 1.54) is 0 Å². The van der Waals surface area contributed by atoms with E-state index in [1.54, 1.807) is 0 Å². The average molecular weight is 152 g/mol. The van der Waals surface area contributed by atoms with Gasteiger partial charge in [-0.2, -0.15) is 0 Å². The van der Waals surface area contributed by atoms with Gasteiger partial charge in [-0.25, -0.2) is 0 Å². The fraction of sp³-hybridized carbons (Fsp3) is 0.429. The van der Waals surface area contributed by atoms with E-state index >= 15 is 0 Å². The van der Waals surface area contributed by atoms with Crippen molar-refractivity contribution < 1.29 is 9.32 Å². The summed E-state index contributed by atoms with van der Waals surface area (Å²) in [4.78, 5) is 11.2. The third-order valence-electron chi connectivity index (χ3n) is 1.88. The van der Waals surface area contributed by atoms with Crippen LogP contribution in [0.2, 0.25) is 0 Å². The molecule has 0 fully saturated rings. The maximum Gasteiger partial charge on any atom is 0.168 e. The van der Waals surface area contributed by atoms with Gasteiger partial charge in [0.15, 0.2) is 5.78 Å². The number of aryl methyl sites for hydroxylation is 1. The van der Waals surface area contributed by atoms with Crippen molar-refractivity contribution in [2.75, 3.05) is 0 Å². The Labute approximate surface area is 63.4 Å². The van der Waals surface area contributed by atoms with Crippen LogP contribution in [0.5, 0.6) is 0 Å². The van der Waals surface area contributed by atoms with Gasteiger partial charge in [0.05, 0.1) is 5.56 Å². The molecule has 11 heavy (non-hydrogen) atoms. The fourth-order valence-electron chi connectivity index (χ4n) is 1.34. The zero-order valence-corrected chi connectivity index (χ0v) is 5.96. The first kappa shape index (κ1) is 6.54. The molecule has 4 nitrogen and oxygen atoms in total. The predicted octanol–water partition coefficient (Wildman–Crippen LogP) is 0.262. The predicted molar refractivity (Wildman–Crippen MR) is 37.0 cm³/mol. The molecule has 58 valence electrons. The zero-order chi connectivity index (χ0) is 7.84. The average Bonchev–Trinajstić information content (AvgIpc) is 2.54. The van der Waals surface area contributed by atoms with Gasteiger partial charge in [0.1, 0.15) is 11.5 Å². The van der Waals surface area contributed by atoms with Gasteiger partial charge in [-0.05, 0) is 0 Å². The molecule has 1 aromatic rings. The first-order valence-electron chi connectivity index (χ1n) is 3.53. The Hall–Kier alpha value is -1.16. The standard InChI is InChI=1S/C7H8N2O2/c8-3-4-7-5(10)1-2-6(7)11-9-4/h1-3,8H2. The summed E-state index contributed by atoms with van der Waals surface area (Å²) in [7, 11) is 0. The minimum absolute atomic E-state index is 0.113. The highest BCUT2D eigenvalue weighted by Crippen LogP contribution is 2.24. The molecule has 0 unspecified atom stereocenters. The second-order valence-corrected chi connectivity index (χ2v) is 2.55. The molecule has 0 bridgehead atoms. The van der Waals surface area contributed by atoms with E-state index in [0.29, 0.717) is 29.9 Å². The van der Waals surface area contributed by atoms with E-state index in [2.05, 4.69) is 5.16 Å². The van der Waals surface area contributed by atoms with Gasteiger partial charge in [0, 0.05) is 19.4 Å². The quantitative estimate of drug-likeness (QED) is 0.626. The van der Waals surface area contributed by atoms with Crippen LogP contribution in [-0.2, 0) is 13.0 Å². The van der Waals surface area contributed by atoms with Gasteiger partial charge < -0.3 is 10.3 Å².